The molecule has 1 aromatic heterocycles. The molecular formula is C23H26N4O3. The highest BCUT2D eigenvalue weighted by Gasteiger charge is 2.40. The number of rotatable bonds is 6. The number of hydrogen-bond acceptors (Lipinski definition) is 4. The molecule has 0 bridgehead atoms. The second-order valence-corrected chi connectivity index (χ2v) is 7.82. The first-order chi connectivity index (χ1) is 14.6. The van der Waals surface area contributed by atoms with E-state index in [0.29, 0.717) is 19.5 Å². The molecule has 0 spiro atoms. The number of carbonyl (C=O) groups is 3. The highest BCUT2D eigenvalue weighted by Crippen LogP contribution is 2.31. The third-order valence-corrected chi connectivity index (χ3v) is 5.84. The molecule has 2 fully saturated rings. The summed E-state index contributed by atoms with van der Waals surface area (Å²) in [5, 5.41) is 2.69. The summed E-state index contributed by atoms with van der Waals surface area (Å²) in [4.78, 5) is 45.4. The van der Waals surface area contributed by atoms with Crippen molar-refractivity contribution in [3.63, 3.8) is 0 Å². The molecule has 2 saturated heterocycles. The van der Waals surface area contributed by atoms with Crippen molar-refractivity contribution in [3.8, 4) is 0 Å². The Morgan fingerprint density at radius 2 is 1.93 bits per heavy atom. The van der Waals surface area contributed by atoms with E-state index in [1.165, 1.54) is 4.90 Å². The number of amides is 4. The van der Waals surface area contributed by atoms with Crippen molar-refractivity contribution < 1.29 is 14.4 Å². The van der Waals surface area contributed by atoms with Gasteiger partial charge < -0.3 is 10.2 Å². The Hall–Kier alpha value is -3.22. The number of carbonyl (C=O) groups excluding carboxylic acids is 3. The average molecular weight is 406 g/mol. The Bertz CT molecular complexity index is 903. The van der Waals surface area contributed by atoms with Gasteiger partial charge in [-0.15, -0.1) is 0 Å². The maximum Gasteiger partial charge on any atom is 0.324 e. The van der Waals surface area contributed by atoms with E-state index in [-0.39, 0.29) is 24.3 Å². The zero-order valence-corrected chi connectivity index (χ0v) is 16.9. The Morgan fingerprint density at radius 3 is 2.70 bits per heavy atom. The summed E-state index contributed by atoms with van der Waals surface area (Å²) in [7, 11) is 0. The Kier molecular flexibility index (Phi) is 6.07. The van der Waals surface area contributed by atoms with Crippen molar-refractivity contribution in [2.45, 2.75) is 44.2 Å². The lowest BCUT2D eigenvalue weighted by molar-refractivity contribution is -0.138. The Morgan fingerprint density at radius 1 is 1.10 bits per heavy atom. The molecule has 2 aromatic rings. The average Bonchev–Trinajstić information content (AvgIpc) is 3.05. The van der Waals surface area contributed by atoms with Crippen molar-refractivity contribution in [1.29, 1.82) is 0 Å². The summed E-state index contributed by atoms with van der Waals surface area (Å²) >= 11 is 0. The van der Waals surface area contributed by atoms with Gasteiger partial charge in [0.15, 0.2) is 0 Å². The molecule has 0 radical (unpaired) electrons. The van der Waals surface area contributed by atoms with Crippen molar-refractivity contribution in [1.82, 2.24) is 20.1 Å². The molecule has 2 aliphatic rings. The maximum atomic E-state index is 13.1. The fourth-order valence-electron chi connectivity index (χ4n) is 4.25. The summed E-state index contributed by atoms with van der Waals surface area (Å²) in [6, 6.07) is 12.3. The van der Waals surface area contributed by atoms with Crippen LogP contribution in [0.15, 0.2) is 54.9 Å². The zero-order valence-electron chi connectivity index (χ0n) is 16.9. The minimum atomic E-state index is -0.794. The van der Waals surface area contributed by atoms with E-state index < -0.39 is 12.1 Å². The van der Waals surface area contributed by atoms with Gasteiger partial charge in [-0.05, 0) is 42.9 Å². The van der Waals surface area contributed by atoms with E-state index in [9.17, 15) is 14.4 Å². The highest BCUT2D eigenvalue weighted by atomic mass is 16.2. The van der Waals surface area contributed by atoms with E-state index in [1.54, 1.807) is 12.4 Å². The molecule has 0 aliphatic carbocycles. The molecule has 4 rings (SSSR count). The molecular weight excluding hydrogens is 380 g/mol. The number of aromatic nitrogens is 1. The van der Waals surface area contributed by atoms with Gasteiger partial charge in [-0.2, -0.15) is 0 Å². The van der Waals surface area contributed by atoms with Crippen LogP contribution in [0, 0.1) is 0 Å². The standard InChI is InChI=1S/C23H26N4O3/c28-21(26-13-5-4-10-20(26)18-9-6-12-24-16-18)15-19-22(29)27(23(30)25-19)14-11-17-7-2-1-3-8-17/h1-3,6-9,12,16,19-20H,4-5,10-11,13-15H2,(H,25,30)/t19?,20-/m0/s1. The van der Waals surface area contributed by atoms with E-state index >= 15 is 0 Å². The molecule has 1 N–H and O–H groups in total. The van der Waals surface area contributed by atoms with Gasteiger partial charge in [0.2, 0.25) is 5.91 Å². The van der Waals surface area contributed by atoms with Crippen LogP contribution in [-0.4, -0.2) is 51.8 Å². The summed E-state index contributed by atoms with van der Waals surface area (Å²) in [6.45, 7) is 0.965. The molecule has 0 saturated carbocycles. The number of nitrogens with one attached hydrogen (secondary N) is 1. The highest BCUT2D eigenvalue weighted by molar-refractivity contribution is 6.05. The van der Waals surface area contributed by atoms with Gasteiger partial charge >= 0.3 is 6.03 Å². The molecule has 30 heavy (non-hydrogen) atoms. The lowest BCUT2D eigenvalue weighted by Gasteiger charge is -2.36. The van der Waals surface area contributed by atoms with Crippen LogP contribution in [0.2, 0.25) is 0 Å². The van der Waals surface area contributed by atoms with Crippen LogP contribution in [0.25, 0.3) is 0 Å². The van der Waals surface area contributed by atoms with Crippen LogP contribution in [0.4, 0.5) is 4.79 Å². The zero-order chi connectivity index (χ0) is 20.9. The van der Waals surface area contributed by atoms with Crippen molar-refractivity contribution in [2.75, 3.05) is 13.1 Å². The van der Waals surface area contributed by atoms with E-state index in [2.05, 4.69) is 10.3 Å². The predicted octanol–water partition coefficient (Wildman–Crippen LogP) is 2.69. The van der Waals surface area contributed by atoms with Crippen LogP contribution < -0.4 is 5.32 Å². The summed E-state index contributed by atoms with van der Waals surface area (Å²) in [5.74, 6) is -0.425. The SMILES string of the molecule is O=C1NC(CC(=O)N2CCCC[C@H]2c2cccnc2)C(=O)N1CCc1ccccc1. The van der Waals surface area contributed by atoms with Crippen molar-refractivity contribution in [3.05, 3.63) is 66.0 Å². The minimum Gasteiger partial charge on any atom is -0.336 e. The van der Waals surface area contributed by atoms with Gasteiger partial charge in [0.25, 0.3) is 5.91 Å². The van der Waals surface area contributed by atoms with Gasteiger partial charge in [0.05, 0.1) is 12.5 Å². The Labute approximate surface area is 176 Å². The lowest BCUT2D eigenvalue weighted by atomic mass is 9.95. The third kappa shape index (κ3) is 4.35. The van der Waals surface area contributed by atoms with Gasteiger partial charge in [-0.3, -0.25) is 19.5 Å². The van der Waals surface area contributed by atoms with Crippen LogP contribution in [0.5, 0.6) is 0 Å². The van der Waals surface area contributed by atoms with E-state index in [4.69, 9.17) is 0 Å². The number of nitrogens with zero attached hydrogens (tertiary/aromatic N) is 3. The number of urea groups is 1. The monoisotopic (exact) mass is 406 g/mol. The molecule has 1 aromatic carbocycles. The lowest BCUT2D eigenvalue weighted by Crippen LogP contribution is -2.43. The first kappa shape index (κ1) is 20.1. The number of hydrogen-bond donors (Lipinski definition) is 1. The van der Waals surface area contributed by atoms with Gasteiger partial charge in [-0.1, -0.05) is 36.4 Å². The fourth-order valence-corrected chi connectivity index (χ4v) is 4.25. The van der Waals surface area contributed by atoms with E-state index in [0.717, 1.165) is 30.4 Å². The number of likely N-dealkylation sites (tertiary alicyclic amines) is 1. The molecule has 156 valence electrons. The Balaban J connectivity index is 1.39. The topological polar surface area (TPSA) is 82.6 Å². The molecule has 7 nitrogen and oxygen atoms in total. The van der Waals surface area contributed by atoms with Crippen molar-refractivity contribution >= 4 is 17.8 Å². The number of pyridine rings is 1. The minimum absolute atomic E-state index is 0.0107. The van der Waals surface area contributed by atoms with Crippen molar-refractivity contribution in [2.24, 2.45) is 0 Å². The normalized spacial score (nSPS) is 21.6. The second-order valence-electron chi connectivity index (χ2n) is 7.82. The number of piperidine rings is 1. The van der Waals surface area contributed by atoms with Crippen LogP contribution in [-0.2, 0) is 16.0 Å². The quantitative estimate of drug-likeness (QED) is 0.748. The molecule has 1 unspecified atom stereocenters. The van der Waals surface area contributed by atoms with Crippen LogP contribution >= 0.6 is 0 Å². The van der Waals surface area contributed by atoms with E-state index in [1.807, 2.05) is 47.4 Å². The number of benzene rings is 1. The largest absolute Gasteiger partial charge is 0.336 e. The molecule has 3 heterocycles. The maximum absolute atomic E-state index is 13.1. The van der Waals surface area contributed by atoms with Gasteiger partial charge in [-0.25, -0.2) is 4.79 Å². The first-order valence-corrected chi connectivity index (χ1v) is 10.5. The number of imide groups is 1. The van der Waals surface area contributed by atoms with Crippen LogP contribution in [0.1, 0.15) is 42.9 Å². The summed E-state index contributed by atoms with van der Waals surface area (Å²) in [6.07, 6.45) is 6.97. The molecule has 2 atom stereocenters. The first-order valence-electron chi connectivity index (χ1n) is 10.5. The third-order valence-electron chi connectivity index (χ3n) is 5.84. The van der Waals surface area contributed by atoms with Crippen LogP contribution in [0.3, 0.4) is 0 Å². The van der Waals surface area contributed by atoms with Gasteiger partial charge in [0, 0.05) is 25.5 Å². The molecule has 7 heteroatoms. The summed E-state index contributed by atoms with van der Waals surface area (Å²) in [5.41, 5.74) is 2.07. The summed E-state index contributed by atoms with van der Waals surface area (Å²) < 4.78 is 0. The predicted molar refractivity (Wildman–Crippen MR) is 111 cm³/mol. The molecule has 4 amide bonds. The molecule has 2 aliphatic heterocycles. The van der Waals surface area contributed by atoms with Gasteiger partial charge in [0.1, 0.15) is 6.04 Å². The second kappa shape index (κ2) is 9.07. The fraction of sp³-hybridized carbons (Fsp3) is 0.391. The smallest absolute Gasteiger partial charge is 0.324 e.